The average Bonchev–Trinajstić information content (AvgIpc) is 3.10. The number of nitrogens with one attached hydrogen (secondary N) is 1. The van der Waals surface area contributed by atoms with Gasteiger partial charge in [-0.05, 0) is 25.0 Å². The zero-order valence-corrected chi connectivity index (χ0v) is 10.3. The zero-order chi connectivity index (χ0) is 13.2. The van der Waals surface area contributed by atoms with E-state index in [2.05, 4.69) is 10.3 Å². The third kappa shape index (κ3) is 2.81. The first-order valence-corrected chi connectivity index (χ1v) is 6.36. The predicted molar refractivity (Wildman–Crippen MR) is 66.6 cm³/mol. The maximum absolute atomic E-state index is 13.6. The number of hydrogen-bond donors (Lipinski definition) is 1. The SMILES string of the molecule is Fc1cccc(-c2cnc(CCNC3CC3)o2)c1F. The van der Waals surface area contributed by atoms with E-state index in [-0.39, 0.29) is 11.3 Å². The van der Waals surface area contributed by atoms with Crippen molar-refractivity contribution in [1.82, 2.24) is 10.3 Å². The molecule has 100 valence electrons. The number of benzene rings is 1. The second-order valence-corrected chi connectivity index (χ2v) is 4.70. The third-order valence-electron chi connectivity index (χ3n) is 3.12. The molecule has 0 saturated heterocycles. The first-order valence-electron chi connectivity index (χ1n) is 6.36. The molecule has 1 saturated carbocycles. The van der Waals surface area contributed by atoms with Crippen LogP contribution in [0.5, 0.6) is 0 Å². The first kappa shape index (κ1) is 12.3. The molecular formula is C14H14F2N2O. The molecule has 3 nitrogen and oxygen atoms in total. The Hall–Kier alpha value is -1.75. The van der Waals surface area contributed by atoms with Crippen molar-refractivity contribution in [3.8, 4) is 11.3 Å². The van der Waals surface area contributed by atoms with E-state index in [1.807, 2.05) is 0 Å². The second-order valence-electron chi connectivity index (χ2n) is 4.70. The molecule has 1 aliphatic carbocycles. The van der Waals surface area contributed by atoms with Crippen molar-refractivity contribution in [2.75, 3.05) is 6.54 Å². The molecule has 1 N–H and O–H groups in total. The summed E-state index contributed by atoms with van der Waals surface area (Å²) in [6.07, 6.45) is 4.54. The highest BCUT2D eigenvalue weighted by atomic mass is 19.2. The highest BCUT2D eigenvalue weighted by molar-refractivity contribution is 5.57. The van der Waals surface area contributed by atoms with Crippen LogP contribution < -0.4 is 5.32 Å². The van der Waals surface area contributed by atoms with Crippen molar-refractivity contribution in [3.63, 3.8) is 0 Å². The minimum absolute atomic E-state index is 0.105. The molecule has 2 aromatic rings. The summed E-state index contributed by atoms with van der Waals surface area (Å²) in [7, 11) is 0. The van der Waals surface area contributed by atoms with Crippen LogP contribution in [-0.4, -0.2) is 17.6 Å². The van der Waals surface area contributed by atoms with Gasteiger partial charge in [0.25, 0.3) is 0 Å². The van der Waals surface area contributed by atoms with Gasteiger partial charge in [-0.15, -0.1) is 0 Å². The topological polar surface area (TPSA) is 38.1 Å². The van der Waals surface area contributed by atoms with Crippen molar-refractivity contribution in [2.45, 2.75) is 25.3 Å². The Labute approximate surface area is 109 Å². The van der Waals surface area contributed by atoms with E-state index in [0.29, 0.717) is 18.4 Å². The number of oxazole rings is 1. The van der Waals surface area contributed by atoms with Gasteiger partial charge in [-0.3, -0.25) is 0 Å². The lowest BCUT2D eigenvalue weighted by Gasteiger charge is -2.00. The molecule has 0 unspecified atom stereocenters. The summed E-state index contributed by atoms with van der Waals surface area (Å²) in [5, 5.41) is 3.34. The fourth-order valence-corrected chi connectivity index (χ4v) is 1.92. The average molecular weight is 264 g/mol. The summed E-state index contributed by atoms with van der Waals surface area (Å²) < 4.78 is 32.2. The van der Waals surface area contributed by atoms with E-state index in [0.717, 1.165) is 12.6 Å². The monoisotopic (exact) mass is 264 g/mol. The Morgan fingerprint density at radius 1 is 1.32 bits per heavy atom. The van der Waals surface area contributed by atoms with Gasteiger partial charge in [-0.1, -0.05) is 6.07 Å². The maximum atomic E-state index is 13.6. The van der Waals surface area contributed by atoms with Gasteiger partial charge in [-0.2, -0.15) is 0 Å². The molecule has 1 aromatic carbocycles. The zero-order valence-electron chi connectivity index (χ0n) is 10.3. The Morgan fingerprint density at radius 2 is 2.16 bits per heavy atom. The predicted octanol–water partition coefficient (Wildman–Crippen LogP) is 2.91. The van der Waals surface area contributed by atoms with Gasteiger partial charge in [0.15, 0.2) is 23.3 Å². The number of nitrogens with zero attached hydrogens (tertiary/aromatic N) is 1. The lowest BCUT2D eigenvalue weighted by Crippen LogP contribution is -2.19. The maximum Gasteiger partial charge on any atom is 0.196 e. The molecule has 0 atom stereocenters. The number of aromatic nitrogens is 1. The summed E-state index contributed by atoms with van der Waals surface area (Å²) in [6, 6.07) is 4.64. The Kier molecular flexibility index (Phi) is 3.29. The highest BCUT2D eigenvalue weighted by Gasteiger charge is 2.20. The van der Waals surface area contributed by atoms with Crippen molar-refractivity contribution in [3.05, 3.63) is 41.9 Å². The van der Waals surface area contributed by atoms with Crippen molar-refractivity contribution >= 4 is 0 Å². The van der Waals surface area contributed by atoms with E-state index in [1.54, 1.807) is 0 Å². The van der Waals surface area contributed by atoms with E-state index in [1.165, 1.54) is 31.2 Å². The van der Waals surface area contributed by atoms with Crippen LogP contribution in [-0.2, 0) is 6.42 Å². The van der Waals surface area contributed by atoms with Gasteiger partial charge in [0.05, 0.1) is 11.8 Å². The Morgan fingerprint density at radius 3 is 2.95 bits per heavy atom. The van der Waals surface area contributed by atoms with Gasteiger partial charge < -0.3 is 9.73 Å². The lowest BCUT2D eigenvalue weighted by molar-refractivity contribution is 0.481. The smallest absolute Gasteiger partial charge is 0.196 e. The van der Waals surface area contributed by atoms with Gasteiger partial charge in [0.2, 0.25) is 0 Å². The summed E-state index contributed by atoms with van der Waals surface area (Å²) in [5.74, 6) is -0.989. The fourth-order valence-electron chi connectivity index (χ4n) is 1.92. The van der Waals surface area contributed by atoms with Crippen LogP contribution in [0.4, 0.5) is 8.78 Å². The second kappa shape index (κ2) is 5.09. The third-order valence-corrected chi connectivity index (χ3v) is 3.12. The van der Waals surface area contributed by atoms with Gasteiger partial charge in [0, 0.05) is 19.0 Å². The quantitative estimate of drug-likeness (QED) is 0.902. The first-order chi connectivity index (χ1) is 9.24. The molecule has 3 rings (SSSR count). The molecule has 19 heavy (non-hydrogen) atoms. The van der Waals surface area contributed by atoms with Gasteiger partial charge >= 0.3 is 0 Å². The van der Waals surface area contributed by atoms with Crippen LogP contribution in [0.15, 0.2) is 28.8 Å². The standard InChI is InChI=1S/C14H14F2N2O/c15-11-3-1-2-10(14(11)16)12-8-18-13(19-12)6-7-17-9-4-5-9/h1-3,8-9,17H,4-7H2. The van der Waals surface area contributed by atoms with Crippen LogP contribution in [0.3, 0.4) is 0 Å². The summed E-state index contributed by atoms with van der Waals surface area (Å²) in [5.41, 5.74) is 0.105. The largest absolute Gasteiger partial charge is 0.441 e. The van der Waals surface area contributed by atoms with Crippen LogP contribution in [0.25, 0.3) is 11.3 Å². The minimum Gasteiger partial charge on any atom is -0.441 e. The minimum atomic E-state index is -0.902. The molecule has 5 heteroatoms. The Balaban J connectivity index is 1.70. The van der Waals surface area contributed by atoms with Gasteiger partial charge in [-0.25, -0.2) is 13.8 Å². The summed E-state index contributed by atoms with van der Waals surface area (Å²) in [4.78, 5) is 4.08. The molecule has 1 fully saturated rings. The molecule has 1 heterocycles. The summed E-state index contributed by atoms with van der Waals surface area (Å²) in [6.45, 7) is 0.788. The lowest BCUT2D eigenvalue weighted by atomic mass is 10.2. The molecule has 1 aliphatic rings. The molecule has 0 amide bonds. The van der Waals surface area contributed by atoms with E-state index in [4.69, 9.17) is 4.42 Å². The van der Waals surface area contributed by atoms with E-state index >= 15 is 0 Å². The van der Waals surface area contributed by atoms with E-state index in [9.17, 15) is 8.78 Å². The number of halogens is 2. The van der Waals surface area contributed by atoms with Crippen molar-refractivity contribution in [1.29, 1.82) is 0 Å². The van der Waals surface area contributed by atoms with Crippen LogP contribution in [0, 0.1) is 11.6 Å². The van der Waals surface area contributed by atoms with Crippen molar-refractivity contribution < 1.29 is 13.2 Å². The summed E-state index contributed by atoms with van der Waals surface area (Å²) >= 11 is 0. The van der Waals surface area contributed by atoms with E-state index < -0.39 is 11.6 Å². The van der Waals surface area contributed by atoms with Crippen LogP contribution in [0.2, 0.25) is 0 Å². The number of hydrogen-bond acceptors (Lipinski definition) is 3. The molecule has 0 spiro atoms. The number of rotatable bonds is 5. The molecule has 0 aliphatic heterocycles. The molecule has 1 aromatic heterocycles. The molecule has 0 bridgehead atoms. The fraction of sp³-hybridized carbons (Fsp3) is 0.357. The normalized spacial score (nSPS) is 14.8. The highest BCUT2D eigenvalue weighted by Crippen LogP contribution is 2.25. The Bertz CT molecular complexity index is 579. The van der Waals surface area contributed by atoms with Crippen LogP contribution >= 0.6 is 0 Å². The van der Waals surface area contributed by atoms with Crippen LogP contribution in [0.1, 0.15) is 18.7 Å². The van der Waals surface area contributed by atoms with Crippen molar-refractivity contribution in [2.24, 2.45) is 0 Å². The molecule has 0 radical (unpaired) electrons. The van der Waals surface area contributed by atoms with Gasteiger partial charge in [0.1, 0.15) is 0 Å². The molecular weight excluding hydrogens is 250 g/mol.